The van der Waals surface area contributed by atoms with Crippen LogP contribution in [0.25, 0.3) is 0 Å². The molecule has 0 amide bonds. The zero-order chi connectivity index (χ0) is 10.6. The Kier molecular flexibility index (Phi) is 4.69. The number of rotatable bonds is 4. The summed E-state index contributed by atoms with van der Waals surface area (Å²) >= 11 is 11.9. The fraction of sp³-hybridized carbons (Fsp3) is 0.400. The van der Waals surface area contributed by atoms with Crippen molar-refractivity contribution < 1.29 is 0 Å². The van der Waals surface area contributed by atoms with Gasteiger partial charge in [0.25, 0.3) is 0 Å². The molecule has 0 saturated heterocycles. The fourth-order valence-electron chi connectivity index (χ4n) is 1.36. The zero-order valence-electron chi connectivity index (χ0n) is 8.27. The maximum atomic E-state index is 6.09. The molecule has 0 heterocycles. The van der Waals surface area contributed by atoms with Crippen molar-refractivity contribution in [1.29, 1.82) is 0 Å². The molecule has 0 aliphatic carbocycles. The van der Waals surface area contributed by atoms with Crippen LogP contribution in [0.5, 0.6) is 0 Å². The minimum atomic E-state index is 0.213. The Labute approximate surface area is 94.6 Å². The SMILES string of the molecule is CNCC(NC)c1ccc(Cl)cc1Cl. The highest BCUT2D eigenvalue weighted by Gasteiger charge is 2.11. The normalized spacial score (nSPS) is 12.9. The molecule has 14 heavy (non-hydrogen) atoms. The van der Waals surface area contributed by atoms with E-state index < -0.39 is 0 Å². The Morgan fingerprint density at radius 3 is 2.50 bits per heavy atom. The molecule has 1 rings (SSSR count). The van der Waals surface area contributed by atoms with Crippen LogP contribution in [0.15, 0.2) is 18.2 Å². The first-order valence-electron chi connectivity index (χ1n) is 4.46. The van der Waals surface area contributed by atoms with E-state index in [4.69, 9.17) is 23.2 Å². The van der Waals surface area contributed by atoms with E-state index in [0.29, 0.717) is 10.0 Å². The van der Waals surface area contributed by atoms with Crippen molar-refractivity contribution in [3.63, 3.8) is 0 Å². The Balaban J connectivity index is 2.92. The Bertz CT molecular complexity index is 302. The van der Waals surface area contributed by atoms with Crippen LogP contribution in [0, 0.1) is 0 Å². The first-order valence-corrected chi connectivity index (χ1v) is 5.21. The van der Waals surface area contributed by atoms with Crippen LogP contribution in [0.1, 0.15) is 11.6 Å². The summed E-state index contributed by atoms with van der Waals surface area (Å²) in [7, 11) is 3.82. The average Bonchev–Trinajstić information content (AvgIpc) is 2.15. The molecule has 1 atom stereocenters. The lowest BCUT2D eigenvalue weighted by Gasteiger charge is -2.17. The molecule has 4 heteroatoms. The van der Waals surface area contributed by atoms with Gasteiger partial charge in [-0.2, -0.15) is 0 Å². The van der Waals surface area contributed by atoms with Gasteiger partial charge in [-0.15, -0.1) is 0 Å². The molecule has 0 radical (unpaired) electrons. The summed E-state index contributed by atoms with van der Waals surface area (Å²) in [6, 6.07) is 5.77. The van der Waals surface area contributed by atoms with Crippen molar-refractivity contribution in [3.05, 3.63) is 33.8 Å². The van der Waals surface area contributed by atoms with Crippen LogP contribution < -0.4 is 10.6 Å². The van der Waals surface area contributed by atoms with Gasteiger partial charge < -0.3 is 10.6 Å². The van der Waals surface area contributed by atoms with Gasteiger partial charge >= 0.3 is 0 Å². The summed E-state index contributed by atoms with van der Waals surface area (Å²) in [5.74, 6) is 0. The standard InChI is InChI=1S/C10H14Cl2N2/c1-13-6-10(14-2)8-4-3-7(11)5-9(8)12/h3-5,10,13-14H,6H2,1-2H3. The Hall–Kier alpha value is -0.280. The van der Waals surface area contributed by atoms with Crippen LogP contribution in [0.2, 0.25) is 10.0 Å². The number of hydrogen-bond acceptors (Lipinski definition) is 2. The Morgan fingerprint density at radius 1 is 1.29 bits per heavy atom. The van der Waals surface area contributed by atoms with Crippen LogP contribution in [0.3, 0.4) is 0 Å². The van der Waals surface area contributed by atoms with Gasteiger partial charge in [0.2, 0.25) is 0 Å². The summed E-state index contributed by atoms with van der Waals surface area (Å²) in [6.07, 6.45) is 0. The van der Waals surface area contributed by atoms with Gasteiger partial charge in [-0.1, -0.05) is 29.3 Å². The molecular weight excluding hydrogens is 219 g/mol. The van der Waals surface area contributed by atoms with Crippen molar-refractivity contribution in [2.24, 2.45) is 0 Å². The fourth-order valence-corrected chi connectivity index (χ4v) is 1.90. The quantitative estimate of drug-likeness (QED) is 0.834. The summed E-state index contributed by atoms with van der Waals surface area (Å²) in [4.78, 5) is 0. The van der Waals surface area contributed by atoms with E-state index in [1.807, 2.05) is 26.2 Å². The van der Waals surface area contributed by atoms with E-state index in [0.717, 1.165) is 12.1 Å². The molecule has 1 aromatic carbocycles. The largest absolute Gasteiger partial charge is 0.318 e. The van der Waals surface area contributed by atoms with Gasteiger partial charge in [-0.3, -0.25) is 0 Å². The highest BCUT2D eigenvalue weighted by Crippen LogP contribution is 2.25. The third-order valence-electron chi connectivity index (χ3n) is 2.09. The number of hydrogen-bond donors (Lipinski definition) is 2. The van der Waals surface area contributed by atoms with E-state index >= 15 is 0 Å². The molecule has 2 N–H and O–H groups in total. The first-order chi connectivity index (χ1) is 6.69. The molecule has 0 aliphatic rings. The molecule has 2 nitrogen and oxygen atoms in total. The molecule has 78 valence electrons. The minimum absolute atomic E-state index is 0.213. The van der Waals surface area contributed by atoms with E-state index in [1.165, 1.54) is 0 Å². The lowest BCUT2D eigenvalue weighted by atomic mass is 10.1. The van der Waals surface area contributed by atoms with E-state index in [9.17, 15) is 0 Å². The van der Waals surface area contributed by atoms with Gasteiger partial charge in [-0.25, -0.2) is 0 Å². The van der Waals surface area contributed by atoms with Crippen LogP contribution in [0.4, 0.5) is 0 Å². The zero-order valence-corrected chi connectivity index (χ0v) is 9.78. The molecule has 0 saturated carbocycles. The Morgan fingerprint density at radius 2 is 2.00 bits per heavy atom. The summed E-state index contributed by atoms with van der Waals surface area (Å²) in [5.41, 5.74) is 1.06. The molecule has 0 aromatic heterocycles. The number of halogens is 2. The molecule has 0 fully saturated rings. The summed E-state index contributed by atoms with van der Waals surface area (Å²) in [5, 5.41) is 7.66. The van der Waals surface area contributed by atoms with E-state index in [-0.39, 0.29) is 6.04 Å². The van der Waals surface area contributed by atoms with Crippen LogP contribution in [-0.4, -0.2) is 20.6 Å². The van der Waals surface area contributed by atoms with Gasteiger partial charge in [0.15, 0.2) is 0 Å². The van der Waals surface area contributed by atoms with Crippen LogP contribution in [-0.2, 0) is 0 Å². The first kappa shape index (κ1) is 11.8. The summed E-state index contributed by atoms with van der Waals surface area (Å²) in [6.45, 7) is 0.831. The second-order valence-electron chi connectivity index (χ2n) is 3.06. The second-order valence-corrected chi connectivity index (χ2v) is 3.91. The predicted octanol–water partition coefficient (Wildman–Crippen LogP) is 2.47. The van der Waals surface area contributed by atoms with E-state index in [2.05, 4.69) is 10.6 Å². The van der Waals surface area contributed by atoms with Crippen LogP contribution >= 0.6 is 23.2 Å². The average molecular weight is 233 g/mol. The van der Waals surface area contributed by atoms with Gasteiger partial charge in [0, 0.05) is 22.6 Å². The van der Waals surface area contributed by atoms with Crippen molar-refractivity contribution >= 4 is 23.2 Å². The molecular formula is C10H14Cl2N2. The lowest BCUT2D eigenvalue weighted by molar-refractivity contribution is 0.558. The maximum Gasteiger partial charge on any atom is 0.0469 e. The number of likely N-dealkylation sites (N-methyl/N-ethyl adjacent to an activating group) is 2. The summed E-state index contributed by atoms with van der Waals surface area (Å²) < 4.78 is 0. The highest BCUT2D eigenvalue weighted by atomic mass is 35.5. The number of nitrogens with one attached hydrogen (secondary N) is 2. The molecule has 0 aliphatic heterocycles. The highest BCUT2D eigenvalue weighted by molar-refractivity contribution is 6.35. The topological polar surface area (TPSA) is 24.1 Å². The minimum Gasteiger partial charge on any atom is -0.318 e. The second kappa shape index (κ2) is 5.56. The van der Waals surface area contributed by atoms with Crippen molar-refractivity contribution in [1.82, 2.24) is 10.6 Å². The maximum absolute atomic E-state index is 6.09. The van der Waals surface area contributed by atoms with Gasteiger partial charge in [0.05, 0.1) is 0 Å². The monoisotopic (exact) mass is 232 g/mol. The van der Waals surface area contributed by atoms with Gasteiger partial charge in [0.1, 0.15) is 0 Å². The third-order valence-corrected chi connectivity index (χ3v) is 2.66. The lowest BCUT2D eigenvalue weighted by Crippen LogP contribution is -2.27. The van der Waals surface area contributed by atoms with Crippen molar-refractivity contribution in [2.45, 2.75) is 6.04 Å². The van der Waals surface area contributed by atoms with E-state index in [1.54, 1.807) is 6.07 Å². The predicted molar refractivity (Wildman–Crippen MR) is 62.2 cm³/mol. The smallest absolute Gasteiger partial charge is 0.0469 e. The number of benzene rings is 1. The molecule has 0 spiro atoms. The molecule has 0 bridgehead atoms. The third kappa shape index (κ3) is 2.85. The molecule has 1 aromatic rings. The van der Waals surface area contributed by atoms with Crippen molar-refractivity contribution in [3.8, 4) is 0 Å². The van der Waals surface area contributed by atoms with Crippen molar-refractivity contribution in [2.75, 3.05) is 20.6 Å². The van der Waals surface area contributed by atoms with Gasteiger partial charge in [-0.05, 0) is 31.8 Å². The molecule has 1 unspecified atom stereocenters.